The number of benzene rings is 2. The summed E-state index contributed by atoms with van der Waals surface area (Å²) in [6.07, 6.45) is -2.45. The van der Waals surface area contributed by atoms with Gasteiger partial charge in [-0.3, -0.25) is 9.69 Å². The van der Waals surface area contributed by atoms with Gasteiger partial charge in [0, 0.05) is 54.5 Å². The minimum absolute atomic E-state index is 0.0320. The number of aliphatic hydroxyl groups excluding tert-OH is 1. The highest BCUT2D eigenvalue weighted by Gasteiger charge is 2.43. The zero-order chi connectivity index (χ0) is 29.9. The van der Waals surface area contributed by atoms with Crippen molar-refractivity contribution in [3.8, 4) is 11.3 Å². The van der Waals surface area contributed by atoms with Crippen molar-refractivity contribution in [2.45, 2.75) is 51.2 Å². The molecule has 2 atom stereocenters. The van der Waals surface area contributed by atoms with Crippen LogP contribution in [0, 0.1) is 24.4 Å². The standard InChI is InChI=1S/C29H25F6N5O2/c1-15-25(17-4-2-16(14-41)3-5-17)37-27-22(10-36-40(27)26(15)29(33,34)35)28(42)39-13-20-6-7-21(39)12-38(20)11-18-8-19(30)9-23(31)24(18)32/h2-5,8-10,20-21,41H,6-7,11-14H2,1H3. The molecular formula is C29H25F6N5O2. The van der Waals surface area contributed by atoms with Crippen molar-refractivity contribution in [1.82, 2.24) is 24.4 Å². The van der Waals surface area contributed by atoms with Crippen molar-refractivity contribution in [3.63, 3.8) is 0 Å². The number of hydrogen-bond donors (Lipinski definition) is 1. The number of hydrogen-bond acceptors (Lipinski definition) is 5. The van der Waals surface area contributed by atoms with Crippen molar-refractivity contribution < 1.29 is 36.2 Å². The van der Waals surface area contributed by atoms with Crippen molar-refractivity contribution in [1.29, 1.82) is 0 Å². The van der Waals surface area contributed by atoms with E-state index in [9.17, 15) is 36.2 Å². The number of halogens is 6. The number of carbonyl (C=O) groups excluding carboxylic acids is 1. The lowest BCUT2D eigenvalue weighted by molar-refractivity contribution is -0.143. The average molecular weight is 590 g/mol. The Morgan fingerprint density at radius 3 is 2.40 bits per heavy atom. The van der Waals surface area contributed by atoms with Gasteiger partial charge in [-0.15, -0.1) is 0 Å². The van der Waals surface area contributed by atoms with Crippen LogP contribution in [0.1, 0.15) is 45.6 Å². The molecule has 2 bridgehead atoms. The van der Waals surface area contributed by atoms with Gasteiger partial charge in [0.05, 0.1) is 18.5 Å². The molecule has 1 N–H and O–H groups in total. The fourth-order valence-electron chi connectivity index (χ4n) is 6.06. The van der Waals surface area contributed by atoms with Crippen LogP contribution in [0.3, 0.4) is 0 Å². The molecule has 3 saturated heterocycles. The Balaban J connectivity index is 1.33. The Morgan fingerprint density at radius 2 is 1.76 bits per heavy atom. The predicted octanol–water partition coefficient (Wildman–Crippen LogP) is 5.12. The molecule has 2 aromatic carbocycles. The second kappa shape index (κ2) is 10.4. The zero-order valence-electron chi connectivity index (χ0n) is 22.3. The normalized spacial score (nSPS) is 19.2. The van der Waals surface area contributed by atoms with E-state index in [1.807, 2.05) is 4.90 Å². The summed E-state index contributed by atoms with van der Waals surface area (Å²) < 4.78 is 85.3. The van der Waals surface area contributed by atoms with E-state index >= 15 is 0 Å². The summed E-state index contributed by atoms with van der Waals surface area (Å²) in [6, 6.07) is 7.11. The second-order valence-corrected chi connectivity index (χ2v) is 10.7. The van der Waals surface area contributed by atoms with Gasteiger partial charge in [0.2, 0.25) is 0 Å². The molecular weight excluding hydrogens is 564 g/mol. The molecule has 7 nitrogen and oxygen atoms in total. The molecule has 0 radical (unpaired) electrons. The molecule has 1 amide bonds. The van der Waals surface area contributed by atoms with Crippen LogP contribution in [0.5, 0.6) is 0 Å². The highest BCUT2D eigenvalue weighted by molar-refractivity contribution is 6.00. The van der Waals surface area contributed by atoms with E-state index in [1.54, 1.807) is 29.2 Å². The second-order valence-electron chi connectivity index (χ2n) is 10.7. The van der Waals surface area contributed by atoms with Gasteiger partial charge < -0.3 is 10.0 Å². The molecule has 2 aromatic heterocycles. The Morgan fingerprint density at radius 1 is 1.05 bits per heavy atom. The van der Waals surface area contributed by atoms with Crippen LogP contribution in [-0.2, 0) is 19.3 Å². The summed E-state index contributed by atoms with van der Waals surface area (Å²) in [7, 11) is 0. The van der Waals surface area contributed by atoms with Crippen LogP contribution < -0.4 is 0 Å². The third-order valence-corrected chi connectivity index (χ3v) is 8.14. The molecule has 3 fully saturated rings. The van der Waals surface area contributed by atoms with E-state index < -0.39 is 35.2 Å². The number of piperazine rings is 1. The maximum atomic E-state index is 14.3. The van der Waals surface area contributed by atoms with Crippen LogP contribution in [0.4, 0.5) is 26.3 Å². The van der Waals surface area contributed by atoms with Crippen LogP contribution >= 0.6 is 0 Å². The molecule has 3 aliphatic heterocycles. The first-order chi connectivity index (χ1) is 20.0. The van der Waals surface area contributed by atoms with Crippen LogP contribution in [0.2, 0.25) is 0 Å². The summed E-state index contributed by atoms with van der Waals surface area (Å²) in [5, 5.41) is 13.3. The fourth-order valence-corrected chi connectivity index (χ4v) is 6.06. The maximum absolute atomic E-state index is 14.3. The van der Waals surface area contributed by atoms with Gasteiger partial charge in [0.1, 0.15) is 11.4 Å². The minimum atomic E-state index is -4.80. The first kappa shape index (κ1) is 28.2. The Hall–Kier alpha value is -3.97. The number of nitrogens with zero attached hydrogens (tertiary/aromatic N) is 5. The van der Waals surface area contributed by atoms with E-state index in [-0.39, 0.29) is 59.8 Å². The van der Waals surface area contributed by atoms with Crippen molar-refractivity contribution in [3.05, 3.63) is 88.0 Å². The lowest BCUT2D eigenvalue weighted by atomic mass is 9.89. The molecule has 0 aliphatic carbocycles. The quantitative estimate of drug-likeness (QED) is 0.259. The number of alkyl halides is 3. The number of rotatable bonds is 5. The summed E-state index contributed by atoms with van der Waals surface area (Å²) in [4.78, 5) is 21.7. The minimum Gasteiger partial charge on any atom is -0.392 e. The van der Waals surface area contributed by atoms with Gasteiger partial charge in [-0.25, -0.2) is 22.7 Å². The number of fused-ring (bicyclic) bond motifs is 4. The number of aliphatic hydroxyl groups is 1. The van der Waals surface area contributed by atoms with E-state index in [2.05, 4.69) is 10.1 Å². The molecule has 0 saturated carbocycles. The number of amides is 1. The summed E-state index contributed by atoms with van der Waals surface area (Å²) >= 11 is 0. The van der Waals surface area contributed by atoms with E-state index in [1.165, 1.54) is 6.92 Å². The van der Waals surface area contributed by atoms with Crippen molar-refractivity contribution >= 4 is 11.6 Å². The summed E-state index contributed by atoms with van der Waals surface area (Å²) in [6.45, 7) is 1.52. The van der Waals surface area contributed by atoms with Gasteiger partial charge in [0.15, 0.2) is 23.0 Å². The summed E-state index contributed by atoms with van der Waals surface area (Å²) in [5.74, 6) is -3.82. The van der Waals surface area contributed by atoms with Crippen LogP contribution in [0.25, 0.3) is 16.9 Å². The van der Waals surface area contributed by atoms with E-state index in [4.69, 9.17) is 0 Å². The van der Waals surface area contributed by atoms with E-state index in [0.29, 0.717) is 41.1 Å². The molecule has 2 unspecified atom stereocenters. The zero-order valence-corrected chi connectivity index (χ0v) is 22.3. The predicted molar refractivity (Wildman–Crippen MR) is 139 cm³/mol. The Kier molecular flexibility index (Phi) is 6.97. The Labute approximate surface area is 236 Å². The number of carbonyl (C=O) groups is 1. The number of aromatic nitrogens is 3. The lowest BCUT2D eigenvalue weighted by Gasteiger charge is -2.51. The third kappa shape index (κ3) is 4.79. The smallest absolute Gasteiger partial charge is 0.392 e. The van der Waals surface area contributed by atoms with Gasteiger partial charge in [-0.2, -0.15) is 18.3 Å². The van der Waals surface area contributed by atoms with Crippen LogP contribution in [0.15, 0.2) is 42.6 Å². The Bertz CT molecular complexity index is 1690. The summed E-state index contributed by atoms with van der Waals surface area (Å²) in [5.41, 5.74) is -0.685. The fraction of sp³-hybridized carbons (Fsp3) is 0.345. The number of piperidine rings is 2. The first-order valence-corrected chi connectivity index (χ1v) is 13.3. The van der Waals surface area contributed by atoms with Crippen molar-refractivity contribution in [2.24, 2.45) is 0 Å². The molecule has 7 rings (SSSR count). The SMILES string of the molecule is Cc1c(-c2ccc(CO)cc2)nc2c(C(=O)N3CC4CCC3CN4Cc3cc(F)cc(F)c3F)cnn2c1C(F)(F)F. The molecule has 0 spiro atoms. The lowest BCUT2D eigenvalue weighted by Crippen LogP contribution is -2.63. The molecule has 3 aliphatic rings. The largest absolute Gasteiger partial charge is 0.433 e. The topological polar surface area (TPSA) is 74.0 Å². The van der Waals surface area contributed by atoms with Gasteiger partial charge in [-0.1, -0.05) is 24.3 Å². The average Bonchev–Trinajstić information content (AvgIpc) is 3.37. The monoisotopic (exact) mass is 589 g/mol. The van der Waals surface area contributed by atoms with E-state index in [0.717, 1.165) is 12.3 Å². The molecule has 5 heterocycles. The first-order valence-electron chi connectivity index (χ1n) is 13.3. The molecule has 13 heteroatoms. The molecule has 4 aromatic rings. The van der Waals surface area contributed by atoms with Gasteiger partial charge in [-0.05, 0) is 31.4 Å². The molecule has 220 valence electrons. The molecule has 42 heavy (non-hydrogen) atoms. The van der Waals surface area contributed by atoms with Crippen LogP contribution in [-0.4, -0.2) is 60.6 Å². The highest BCUT2D eigenvalue weighted by Crippen LogP contribution is 2.38. The maximum Gasteiger partial charge on any atom is 0.433 e. The van der Waals surface area contributed by atoms with Crippen molar-refractivity contribution in [2.75, 3.05) is 13.1 Å². The van der Waals surface area contributed by atoms with Gasteiger partial charge >= 0.3 is 6.18 Å². The highest BCUT2D eigenvalue weighted by atomic mass is 19.4. The van der Waals surface area contributed by atoms with Gasteiger partial charge in [0.25, 0.3) is 5.91 Å². The third-order valence-electron chi connectivity index (χ3n) is 8.14.